The number of rotatable bonds is 9. The summed E-state index contributed by atoms with van der Waals surface area (Å²) in [5, 5.41) is 19.1. The fourth-order valence-corrected chi connectivity index (χ4v) is 4.72. The molecular formula is C22H23N5O6S. The second kappa shape index (κ2) is 9.83. The predicted octanol–water partition coefficient (Wildman–Crippen LogP) is 2.50. The van der Waals surface area contributed by atoms with Gasteiger partial charge in [-0.25, -0.2) is 14.2 Å². The molecule has 0 saturated carbocycles. The number of anilines is 1. The van der Waals surface area contributed by atoms with Gasteiger partial charge in [0.25, 0.3) is 5.56 Å². The first-order chi connectivity index (χ1) is 16.2. The number of methoxy groups -OCH3 is 1. The van der Waals surface area contributed by atoms with Crippen molar-refractivity contribution in [3.8, 4) is 5.75 Å². The van der Waals surface area contributed by atoms with Gasteiger partial charge in [-0.2, -0.15) is 10.2 Å². The number of para-hydroxylation sites is 1. The number of aromatic nitrogens is 2. The van der Waals surface area contributed by atoms with Gasteiger partial charge in [0, 0.05) is 18.5 Å². The Kier molecular flexibility index (Phi) is 7.11. The molecular weight excluding hydrogens is 462 g/mol. The van der Waals surface area contributed by atoms with E-state index in [4.69, 9.17) is 4.74 Å². The van der Waals surface area contributed by atoms with Crippen LogP contribution in [0.3, 0.4) is 0 Å². The number of ether oxygens (including phenoxy) is 1. The highest BCUT2D eigenvalue weighted by atomic mass is 32.1. The third kappa shape index (κ3) is 4.15. The molecule has 34 heavy (non-hydrogen) atoms. The Balaban J connectivity index is 2.36. The second-order valence-corrected chi connectivity index (χ2v) is 8.18. The van der Waals surface area contributed by atoms with Gasteiger partial charge in [-0.3, -0.25) is 14.2 Å². The smallest absolute Gasteiger partial charge is 0.333 e. The molecule has 3 rings (SSSR count). The van der Waals surface area contributed by atoms with Crippen molar-refractivity contribution in [2.45, 2.75) is 33.4 Å². The van der Waals surface area contributed by atoms with E-state index in [1.165, 1.54) is 25.4 Å². The summed E-state index contributed by atoms with van der Waals surface area (Å²) < 4.78 is 6.99. The first kappa shape index (κ1) is 24.6. The quantitative estimate of drug-likeness (QED) is 0.279. The van der Waals surface area contributed by atoms with Crippen LogP contribution in [-0.4, -0.2) is 46.0 Å². The number of Topliss-reactive ketones (excluding diaryl/α,β-unsaturated/α-hetero) is 1. The lowest BCUT2D eigenvalue weighted by Gasteiger charge is -2.15. The zero-order valence-electron chi connectivity index (χ0n) is 19.0. The molecule has 0 radical (unpaired) electrons. The minimum absolute atomic E-state index is 0.0977. The molecule has 0 aliphatic heterocycles. The van der Waals surface area contributed by atoms with Crippen molar-refractivity contribution < 1.29 is 19.4 Å². The molecule has 1 atom stereocenters. The van der Waals surface area contributed by atoms with Gasteiger partial charge < -0.3 is 9.84 Å². The number of hydrogen-bond donors (Lipinski definition) is 1. The van der Waals surface area contributed by atoms with Gasteiger partial charge in [-0.05, 0) is 32.9 Å². The number of hydrogen-bond acceptors (Lipinski definition) is 9. The number of aryl methyl sites for hydroxylation is 1. The molecule has 2 aromatic heterocycles. The standard InChI is InChI=1S/C22H23N5O6S/c1-6-24-27(23-4)19-12(2)17-18(29)26(13(3)21(30)31)22(32)25(20(17)34-19)11-15(28)14-9-7-8-10-16(14)33-5/h6-10,13H,4,11H2,1-3,5H3,(H,30,31)/b24-6-. The fourth-order valence-electron chi connectivity index (χ4n) is 3.50. The van der Waals surface area contributed by atoms with E-state index in [1.54, 1.807) is 38.1 Å². The van der Waals surface area contributed by atoms with Crippen LogP contribution in [0, 0.1) is 6.92 Å². The van der Waals surface area contributed by atoms with Crippen LogP contribution in [0.1, 0.15) is 35.8 Å². The molecule has 3 aromatic rings. The Morgan fingerprint density at radius 1 is 1.32 bits per heavy atom. The lowest BCUT2D eigenvalue weighted by molar-refractivity contribution is -0.140. The molecule has 0 fully saturated rings. The van der Waals surface area contributed by atoms with Crippen molar-refractivity contribution >= 4 is 51.2 Å². The Bertz CT molecular complexity index is 1430. The molecule has 12 heteroatoms. The lowest BCUT2D eigenvalue weighted by Crippen LogP contribution is -2.44. The van der Waals surface area contributed by atoms with Crippen molar-refractivity contribution in [1.29, 1.82) is 0 Å². The zero-order valence-corrected chi connectivity index (χ0v) is 19.8. The second-order valence-electron chi connectivity index (χ2n) is 7.20. The van der Waals surface area contributed by atoms with Crippen molar-refractivity contribution in [3.05, 3.63) is 56.2 Å². The molecule has 0 spiro atoms. The minimum Gasteiger partial charge on any atom is -0.496 e. The molecule has 178 valence electrons. The lowest BCUT2D eigenvalue weighted by atomic mass is 10.1. The molecule has 1 unspecified atom stereocenters. The average molecular weight is 486 g/mol. The summed E-state index contributed by atoms with van der Waals surface area (Å²) in [5.74, 6) is -1.49. The summed E-state index contributed by atoms with van der Waals surface area (Å²) in [7, 11) is 1.42. The van der Waals surface area contributed by atoms with E-state index in [-0.39, 0.29) is 15.8 Å². The zero-order chi connectivity index (χ0) is 25.2. The first-order valence-electron chi connectivity index (χ1n) is 10.1. The van der Waals surface area contributed by atoms with E-state index < -0.39 is 35.6 Å². The number of fused-ring (bicyclic) bond motifs is 1. The van der Waals surface area contributed by atoms with Gasteiger partial charge in [0.1, 0.15) is 21.6 Å². The van der Waals surface area contributed by atoms with Gasteiger partial charge in [0.15, 0.2) is 5.78 Å². The van der Waals surface area contributed by atoms with Crippen LogP contribution in [0.2, 0.25) is 0 Å². The predicted molar refractivity (Wildman–Crippen MR) is 131 cm³/mol. The Morgan fingerprint density at radius 2 is 2.00 bits per heavy atom. The van der Waals surface area contributed by atoms with E-state index in [1.807, 2.05) is 0 Å². The summed E-state index contributed by atoms with van der Waals surface area (Å²) in [6.45, 7) is 7.56. The normalized spacial score (nSPS) is 12.1. The van der Waals surface area contributed by atoms with Crippen molar-refractivity contribution in [1.82, 2.24) is 9.13 Å². The Morgan fingerprint density at radius 3 is 2.59 bits per heavy atom. The Labute approximate surface area is 197 Å². The third-order valence-corrected chi connectivity index (χ3v) is 6.49. The Hall–Kier alpha value is -4.06. The fraction of sp³-hybridized carbons (Fsp3) is 0.273. The molecule has 2 heterocycles. The summed E-state index contributed by atoms with van der Waals surface area (Å²) in [4.78, 5) is 51.7. The van der Waals surface area contributed by atoms with E-state index in [0.29, 0.717) is 20.9 Å². The monoisotopic (exact) mass is 485 g/mol. The molecule has 0 aliphatic rings. The average Bonchev–Trinajstić information content (AvgIpc) is 3.16. The largest absolute Gasteiger partial charge is 0.496 e. The van der Waals surface area contributed by atoms with Gasteiger partial charge in [0.05, 0.1) is 24.6 Å². The molecule has 0 bridgehead atoms. The number of thiophene rings is 1. The molecule has 11 nitrogen and oxygen atoms in total. The number of ketones is 1. The maximum atomic E-state index is 13.4. The van der Waals surface area contributed by atoms with Gasteiger partial charge in [0.2, 0.25) is 0 Å². The number of hydrazone groups is 2. The van der Waals surface area contributed by atoms with Crippen molar-refractivity contribution in [2.75, 3.05) is 12.2 Å². The van der Waals surface area contributed by atoms with Crippen LogP contribution in [0.25, 0.3) is 10.2 Å². The highest BCUT2D eigenvalue weighted by Crippen LogP contribution is 2.36. The number of nitrogens with zero attached hydrogens (tertiary/aromatic N) is 5. The summed E-state index contributed by atoms with van der Waals surface area (Å²) in [6.07, 6.45) is 1.47. The van der Waals surface area contributed by atoms with Crippen LogP contribution in [0.5, 0.6) is 5.75 Å². The van der Waals surface area contributed by atoms with E-state index >= 15 is 0 Å². The van der Waals surface area contributed by atoms with Gasteiger partial charge in [-0.1, -0.05) is 23.5 Å². The molecule has 0 aliphatic carbocycles. The molecule has 1 N–H and O–H groups in total. The summed E-state index contributed by atoms with van der Waals surface area (Å²) in [5.41, 5.74) is -1.03. The van der Waals surface area contributed by atoms with E-state index in [9.17, 15) is 24.3 Å². The van der Waals surface area contributed by atoms with Crippen molar-refractivity contribution in [3.63, 3.8) is 0 Å². The van der Waals surface area contributed by atoms with Crippen molar-refractivity contribution in [2.24, 2.45) is 10.2 Å². The number of carbonyl (C=O) groups excluding carboxylic acids is 1. The molecule has 0 saturated heterocycles. The van der Waals surface area contributed by atoms with Crippen LogP contribution in [0.4, 0.5) is 5.00 Å². The van der Waals surface area contributed by atoms with Crippen LogP contribution in [-0.2, 0) is 11.3 Å². The number of carboxylic acids is 1. The SMILES string of the molecule is C=NN(/N=C\C)c1sc2c(c1C)c(=O)n(C(C)C(=O)O)c(=O)n2CC(=O)c1ccccc1OC. The van der Waals surface area contributed by atoms with E-state index in [2.05, 4.69) is 16.9 Å². The number of carboxylic acid groups (broad SMARTS) is 1. The summed E-state index contributed by atoms with van der Waals surface area (Å²) in [6, 6.07) is 5.08. The topological polar surface area (TPSA) is 136 Å². The highest BCUT2D eigenvalue weighted by molar-refractivity contribution is 7.22. The minimum atomic E-state index is -1.46. The number of aliphatic carboxylic acids is 1. The molecule has 0 amide bonds. The third-order valence-electron chi connectivity index (χ3n) is 5.21. The number of carbonyl (C=O) groups is 2. The van der Waals surface area contributed by atoms with Gasteiger partial charge in [-0.15, -0.1) is 5.12 Å². The van der Waals surface area contributed by atoms with Crippen LogP contribution in [0.15, 0.2) is 44.1 Å². The highest BCUT2D eigenvalue weighted by Gasteiger charge is 2.28. The maximum absolute atomic E-state index is 13.4. The van der Waals surface area contributed by atoms with Gasteiger partial charge >= 0.3 is 11.7 Å². The summed E-state index contributed by atoms with van der Waals surface area (Å²) >= 11 is 1.02. The van der Waals surface area contributed by atoms with E-state index in [0.717, 1.165) is 15.9 Å². The maximum Gasteiger partial charge on any atom is 0.333 e. The van der Waals surface area contributed by atoms with Crippen LogP contribution < -0.4 is 21.1 Å². The molecule has 1 aromatic carbocycles. The first-order valence-corrected chi connectivity index (χ1v) is 10.9. The van der Waals surface area contributed by atoms with Crippen LogP contribution >= 0.6 is 11.3 Å². The number of benzene rings is 1.